The van der Waals surface area contributed by atoms with Crippen LogP contribution in [0.3, 0.4) is 0 Å². The van der Waals surface area contributed by atoms with E-state index in [2.05, 4.69) is 26.6 Å². The first kappa shape index (κ1) is 16.8. The largest absolute Gasteiger partial charge is 0.376 e. The highest BCUT2D eigenvalue weighted by Crippen LogP contribution is 2.27. The molecule has 0 aliphatic carbocycles. The summed E-state index contributed by atoms with van der Waals surface area (Å²) in [5.41, 5.74) is 2.64. The van der Waals surface area contributed by atoms with Crippen molar-refractivity contribution in [1.29, 1.82) is 0 Å². The molecule has 4 rings (SSSR count). The summed E-state index contributed by atoms with van der Waals surface area (Å²) in [5.74, 6) is -0.0818. The third-order valence-corrected chi connectivity index (χ3v) is 5.05. The molecule has 2 N–H and O–H groups in total. The number of rotatable bonds is 5. The van der Waals surface area contributed by atoms with E-state index in [1.807, 2.05) is 43.6 Å². The van der Waals surface area contributed by atoms with Crippen molar-refractivity contribution in [1.82, 2.24) is 20.5 Å². The Morgan fingerprint density at radius 2 is 2.42 bits per heavy atom. The molecule has 4 heterocycles. The van der Waals surface area contributed by atoms with Crippen molar-refractivity contribution in [3.8, 4) is 0 Å². The molecule has 1 saturated heterocycles. The van der Waals surface area contributed by atoms with Crippen molar-refractivity contribution in [3.05, 3.63) is 65.9 Å². The quantitative estimate of drug-likeness (QED) is 0.846. The van der Waals surface area contributed by atoms with Crippen LogP contribution in [0, 0.1) is 0 Å². The Morgan fingerprint density at radius 3 is 3.19 bits per heavy atom. The molecule has 0 aromatic carbocycles. The number of carbonyl (C=O) groups is 1. The standard InChI is InChI=1S/C20H24N4O2/c1-14(17-8-5-11-26-17)22-20(25)19-16-7-2-3-10-24(16)18(23-19)12-15-6-4-9-21-13-15/h2-4,6-7,9-10,13-14,17-18,23H,5,8,11-12H2,1H3,(H,22,25). The molecule has 6 heteroatoms. The highest BCUT2D eigenvalue weighted by Gasteiger charge is 2.34. The van der Waals surface area contributed by atoms with Gasteiger partial charge in [0.25, 0.3) is 5.91 Å². The average Bonchev–Trinajstić information content (AvgIpc) is 3.31. The number of ether oxygens (including phenoxy) is 1. The molecular formula is C20H24N4O2. The number of hydrogen-bond acceptors (Lipinski definition) is 5. The van der Waals surface area contributed by atoms with E-state index in [1.165, 1.54) is 0 Å². The van der Waals surface area contributed by atoms with Crippen LogP contribution in [0.25, 0.3) is 0 Å². The van der Waals surface area contributed by atoms with E-state index in [9.17, 15) is 4.79 Å². The molecule has 3 atom stereocenters. The molecule has 1 aromatic rings. The van der Waals surface area contributed by atoms with Gasteiger partial charge in [-0.3, -0.25) is 9.78 Å². The fraction of sp³-hybridized carbons (Fsp3) is 0.400. The number of amides is 1. The Morgan fingerprint density at radius 1 is 1.50 bits per heavy atom. The van der Waals surface area contributed by atoms with E-state index in [0.717, 1.165) is 37.1 Å². The summed E-state index contributed by atoms with van der Waals surface area (Å²) in [7, 11) is 0. The van der Waals surface area contributed by atoms with Gasteiger partial charge in [-0.1, -0.05) is 12.1 Å². The Labute approximate surface area is 153 Å². The summed E-state index contributed by atoms with van der Waals surface area (Å²) in [6.45, 7) is 2.79. The first-order valence-electron chi connectivity index (χ1n) is 9.18. The van der Waals surface area contributed by atoms with Gasteiger partial charge in [-0.15, -0.1) is 0 Å². The van der Waals surface area contributed by atoms with Gasteiger partial charge < -0.3 is 20.3 Å². The van der Waals surface area contributed by atoms with Crippen molar-refractivity contribution >= 4 is 5.91 Å². The molecule has 6 nitrogen and oxygen atoms in total. The Bertz CT molecular complexity index is 750. The molecule has 3 unspecified atom stereocenters. The van der Waals surface area contributed by atoms with E-state index in [4.69, 9.17) is 4.74 Å². The number of allylic oxidation sites excluding steroid dienone is 3. The number of carbonyl (C=O) groups excluding carboxylic acids is 1. The van der Waals surface area contributed by atoms with Crippen molar-refractivity contribution in [3.63, 3.8) is 0 Å². The van der Waals surface area contributed by atoms with Gasteiger partial charge in [0.15, 0.2) is 0 Å². The summed E-state index contributed by atoms with van der Waals surface area (Å²) in [6, 6.07) is 3.98. The van der Waals surface area contributed by atoms with E-state index in [-0.39, 0.29) is 24.2 Å². The van der Waals surface area contributed by atoms with Gasteiger partial charge in [-0.05, 0) is 43.5 Å². The van der Waals surface area contributed by atoms with Gasteiger partial charge in [0.1, 0.15) is 11.9 Å². The second-order valence-corrected chi connectivity index (χ2v) is 6.91. The fourth-order valence-corrected chi connectivity index (χ4v) is 3.69. The second kappa shape index (κ2) is 7.33. The predicted molar refractivity (Wildman–Crippen MR) is 98.6 cm³/mol. The Balaban J connectivity index is 1.48. The van der Waals surface area contributed by atoms with E-state index < -0.39 is 0 Å². The molecule has 0 bridgehead atoms. The zero-order valence-electron chi connectivity index (χ0n) is 14.9. The lowest BCUT2D eigenvalue weighted by molar-refractivity contribution is -0.119. The third kappa shape index (κ3) is 3.37. The van der Waals surface area contributed by atoms with Crippen LogP contribution in [0.15, 0.2) is 60.3 Å². The van der Waals surface area contributed by atoms with E-state index in [1.54, 1.807) is 6.20 Å². The molecule has 0 spiro atoms. The highest BCUT2D eigenvalue weighted by atomic mass is 16.5. The summed E-state index contributed by atoms with van der Waals surface area (Å²) in [6.07, 6.45) is 14.5. The minimum Gasteiger partial charge on any atom is -0.376 e. The van der Waals surface area contributed by atoms with E-state index >= 15 is 0 Å². The third-order valence-electron chi connectivity index (χ3n) is 5.05. The SMILES string of the molecule is CC(NC(=O)C1=C2C=CC=CN2C(Cc2cccnc2)N1)C1CCCO1. The van der Waals surface area contributed by atoms with Crippen molar-refractivity contribution in [2.24, 2.45) is 0 Å². The topological polar surface area (TPSA) is 66.5 Å². The van der Waals surface area contributed by atoms with Gasteiger partial charge in [0.2, 0.25) is 0 Å². The molecule has 26 heavy (non-hydrogen) atoms. The minimum absolute atomic E-state index is 0.00538. The molecule has 3 aliphatic rings. The zero-order valence-corrected chi connectivity index (χ0v) is 14.9. The highest BCUT2D eigenvalue weighted by molar-refractivity contribution is 5.95. The maximum absolute atomic E-state index is 12.9. The molecule has 1 amide bonds. The molecule has 1 fully saturated rings. The zero-order chi connectivity index (χ0) is 17.9. The van der Waals surface area contributed by atoms with Crippen molar-refractivity contribution < 1.29 is 9.53 Å². The average molecular weight is 352 g/mol. The van der Waals surface area contributed by atoms with Crippen LogP contribution in [0.1, 0.15) is 25.3 Å². The molecule has 0 saturated carbocycles. The normalized spacial score (nSPS) is 25.2. The maximum atomic E-state index is 12.9. The van der Waals surface area contributed by atoms with Crippen molar-refractivity contribution in [2.45, 2.75) is 44.5 Å². The van der Waals surface area contributed by atoms with Crippen LogP contribution in [-0.2, 0) is 16.0 Å². The number of pyridine rings is 1. The monoisotopic (exact) mass is 352 g/mol. The van der Waals surface area contributed by atoms with Crippen LogP contribution in [0.2, 0.25) is 0 Å². The summed E-state index contributed by atoms with van der Waals surface area (Å²) >= 11 is 0. The van der Waals surface area contributed by atoms with Crippen LogP contribution in [0.5, 0.6) is 0 Å². The lowest BCUT2D eigenvalue weighted by Crippen LogP contribution is -2.44. The predicted octanol–water partition coefficient (Wildman–Crippen LogP) is 1.83. The molecule has 0 radical (unpaired) electrons. The number of nitrogens with zero attached hydrogens (tertiary/aromatic N) is 2. The van der Waals surface area contributed by atoms with Crippen LogP contribution < -0.4 is 10.6 Å². The lowest BCUT2D eigenvalue weighted by Gasteiger charge is -2.25. The summed E-state index contributed by atoms with van der Waals surface area (Å²) in [5, 5.41) is 6.50. The number of fused-ring (bicyclic) bond motifs is 1. The summed E-state index contributed by atoms with van der Waals surface area (Å²) < 4.78 is 5.69. The smallest absolute Gasteiger partial charge is 0.269 e. The summed E-state index contributed by atoms with van der Waals surface area (Å²) in [4.78, 5) is 19.2. The molecular weight excluding hydrogens is 328 g/mol. The van der Waals surface area contributed by atoms with Crippen LogP contribution in [0.4, 0.5) is 0 Å². The maximum Gasteiger partial charge on any atom is 0.269 e. The number of nitrogens with one attached hydrogen (secondary N) is 2. The molecule has 3 aliphatic heterocycles. The number of aromatic nitrogens is 1. The van der Waals surface area contributed by atoms with Gasteiger partial charge >= 0.3 is 0 Å². The first-order chi connectivity index (χ1) is 12.7. The van der Waals surface area contributed by atoms with Gasteiger partial charge in [-0.25, -0.2) is 0 Å². The van der Waals surface area contributed by atoms with Gasteiger partial charge in [0.05, 0.1) is 17.8 Å². The first-order valence-corrected chi connectivity index (χ1v) is 9.18. The molecule has 1 aromatic heterocycles. The van der Waals surface area contributed by atoms with E-state index in [0.29, 0.717) is 5.70 Å². The van der Waals surface area contributed by atoms with Crippen LogP contribution >= 0.6 is 0 Å². The Hall–Kier alpha value is -2.60. The van der Waals surface area contributed by atoms with Crippen molar-refractivity contribution in [2.75, 3.05) is 6.61 Å². The number of hydrogen-bond donors (Lipinski definition) is 2. The Kier molecular flexibility index (Phi) is 4.75. The van der Waals surface area contributed by atoms with Gasteiger partial charge in [-0.2, -0.15) is 0 Å². The van der Waals surface area contributed by atoms with Gasteiger partial charge in [0, 0.05) is 31.6 Å². The molecule has 136 valence electrons. The lowest BCUT2D eigenvalue weighted by atomic mass is 10.1. The second-order valence-electron chi connectivity index (χ2n) is 6.91. The minimum atomic E-state index is -0.0818. The fourth-order valence-electron chi connectivity index (χ4n) is 3.69. The van der Waals surface area contributed by atoms with Crippen LogP contribution in [-0.4, -0.2) is 40.7 Å².